The minimum atomic E-state index is -0.626. The van der Waals surface area contributed by atoms with Crippen LogP contribution in [0.5, 0.6) is 0 Å². The number of likely N-dealkylation sites (tertiary alicyclic amines) is 1. The van der Waals surface area contributed by atoms with Crippen molar-refractivity contribution in [3.05, 3.63) is 70.8 Å². The van der Waals surface area contributed by atoms with E-state index in [-0.39, 0.29) is 11.9 Å². The van der Waals surface area contributed by atoms with Crippen molar-refractivity contribution in [3.8, 4) is 0 Å². The van der Waals surface area contributed by atoms with Gasteiger partial charge in [0.05, 0.1) is 18.2 Å². The quantitative estimate of drug-likeness (QED) is 0.765. The predicted molar refractivity (Wildman–Crippen MR) is 96.5 cm³/mol. The number of ether oxygens (including phenoxy) is 2. The van der Waals surface area contributed by atoms with Crippen LogP contribution in [0.2, 0.25) is 0 Å². The molecule has 0 radical (unpaired) electrons. The monoisotopic (exact) mass is 365 g/mol. The maximum Gasteiger partial charge on any atom is 0.339 e. The summed E-state index contributed by atoms with van der Waals surface area (Å²) in [5, 5.41) is 0. The van der Waals surface area contributed by atoms with E-state index in [9.17, 15) is 14.4 Å². The van der Waals surface area contributed by atoms with Crippen LogP contribution >= 0.6 is 0 Å². The summed E-state index contributed by atoms with van der Waals surface area (Å²) in [6.45, 7) is 0.998. The molecule has 4 rings (SSSR count). The van der Waals surface area contributed by atoms with E-state index in [1.807, 2.05) is 18.2 Å². The van der Waals surface area contributed by atoms with Gasteiger partial charge in [-0.1, -0.05) is 18.2 Å². The van der Waals surface area contributed by atoms with Crippen LogP contribution in [0.4, 0.5) is 0 Å². The molecular weight excluding hydrogens is 346 g/mol. The molecule has 2 aromatic rings. The molecule has 27 heavy (non-hydrogen) atoms. The average molecular weight is 365 g/mol. The third-order valence-electron chi connectivity index (χ3n) is 5.34. The number of piperidine rings is 1. The Balaban J connectivity index is 1.48. The third-order valence-corrected chi connectivity index (χ3v) is 5.34. The van der Waals surface area contributed by atoms with Gasteiger partial charge in [0, 0.05) is 37.1 Å². The number of methoxy groups -OCH3 is 1. The molecule has 2 aromatic carbocycles. The summed E-state index contributed by atoms with van der Waals surface area (Å²) in [4.78, 5) is 38.2. The van der Waals surface area contributed by atoms with E-state index in [1.54, 1.807) is 35.2 Å². The lowest BCUT2D eigenvalue weighted by Gasteiger charge is -2.38. The number of esters is 2. The van der Waals surface area contributed by atoms with Crippen molar-refractivity contribution in [3.63, 3.8) is 0 Å². The molecule has 6 heteroatoms. The second kappa shape index (κ2) is 6.54. The van der Waals surface area contributed by atoms with Crippen molar-refractivity contribution in [2.75, 3.05) is 20.2 Å². The van der Waals surface area contributed by atoms with Crippen LogP contribution in [0.25, 0.3) is 0 Å². The van der Waals surface area contributed by atoms with Crippen LogP contribution in [-0.4, -0.2) is 42.9 Å². The molecule has 0 aromatic heterocycles. The Bertz CT molecular complexity index is 910. The first-order valence-electron chi connectivity index (χ1n) is 8.84. The summed E-state index contributed by atoms with van der Waals surface area (Å²) < 4.78 is 10.4. The molecule has 0 aliphatic carbocycles. The molecule has 0 N–H and O–H groups in total. The molecular formula is C21H19NO5. The molecule has 0 bridgehead atoms. The van der Waals surface area contributed by atoms with E-state index in [1.165, 1.54) is 7.11 Å². The van der Waals surface area contributed by atoms with Crippen LogP contribution in [0.15, 0.2) is 48.5 Å². The van der Waals surface area contributed by atoms with E-state index in [0.29, 0.717) is 42.6 Å². The van der Waals surface area contributed by atoms with Crippen LogP contribution in [0.3, 0.4) is 0 Å². The molecule has 0 saturated carbocycles. The number of rotatable bonds is 2. The first-order chi connectivity index (χ1) is 13.0. The summed E-state index contributed by atoms with van der Waals surface area (Å²) >= 11 is 0. The molecule has 1 fully saturated rings. The van der Waals surface area contributed by atoms with Gasteiger partial charge in [-0.25, -0.2) is 9.59 Å². The normalized spacial score (nSPS) is 17.4. The lowest BCUT2D eigenvalue weighted by molar-refractivity contribution is -0.0389. The molecule has 6 nitrogen and oxygen atoms in total. The van der Waals surface area contributed by atoms with Gasteiger partial charge in [-0.05, 0) is 30.3 Å². The minimum Gasteiger partial charge on any atom is -0.465 e. The van der Waals surface area contributed by atoms with Crippen molar-refractivity contribution >= 4 is 17.8 Å². The van der Waals surface area contributed by atoms with Crippen LogP contribution < -0.4 is 0 Å². The molecule has 0 unspecified atom stereocenters. The number of carbonyl (C=O) groups excluding carboxylic acids is 3. The van der Waals surface area contributed by atoms with E-state index in [0.717, 1.165) is 5.56 Å². The summed E-state index contributed by atoms with van der Waals surface area (Å²) in [6.07, 6.45) is 1.14. The molecule has 2 aliphatic rings. The molecule has 1 amide bonds. The van der Waals surface area contributed by atoms with E-state index in [4.69, 9.17) is 4.74 Å². The fourth-order valence-corrected chi connectivity index (χ4v) is 3.84. The number of carbonyl (C=O) groups is 3. The first-order valence-corrected chi connectivity index (χ1v) is 8.84. The van der Waals surface area contributed by atoms with Crippen molar-refractivity contribution in [1.29, 1.82) is 0 Å². The fraction of sp³-hybridized carbons (Fsp3) is 0.286. The van der Waals surface area contributed by atoms with Gasteiger partial charge in [-0.15, -0.1) is 0 Å². The third kappa shape index (κ3) is 2.87. The van der Waals surface area contributed by atoms with Crippen LogP contribution in [-0.2, 0) is 15.1 Å². The Morgan fingerprint density at radius 3 is 2.30 bits per heavy atom. The number of fused-ring (bicyclic) bond motifs is 2. The van der Waals surface area contributed by atoms with Gasteiger partial charge in [0.15, 0.2) is 0 Å². The van der Waals surface area contributed by atoms with Gasteiger partial charge in [-0.3, -0.25) is 4.79 Å². The minimum absolute atomic E-state index is 0.0983. The SMILES string of the molecule is COC(=O)c1ccc(C(=O)N2CCC3(CC2)OC(=O)c2ccccc23)cc1. The van der Waals surface area contributed by atoms with Crippen molar-refractivity contribution in [2.45, 2.75) is 18.4 Å². The zero-order valence-corrected chi connectivity index (χ0v) is 14.9. The summed E-state index contributed by atoms with van der Waals surface area (Å²) in [5.74, 6) is -0.821. The second-order valence-electron chi connectivity index (χ2n) is 6.79. The maximum atomic E-state index is 12.8. The Morgan fingerprint density at radius 1 is 1.00 bits per heavy atom. The lowest BCUT2D eigenvalue weighted by atomic mass is 9.83. The van der Waals surface area contributed by atoms with Gasteiger partial charge in [0.2, 0.25) is 0 Å². The van der Waals surface area contributed by atoms with Gasteiger partial charge >= 0.3 is 11.9 Å². The first kappa shape index (κ1) is 17.3. The van der Waals surface area contributed by atoms with Gasteiger partial charge < -0.3 is 14.4 Å². The lowest BCUT2D eigenvalue weighted by Crippen LogP contribution is -2.45. The largest absolute Gasteiger partial charge is 0.465 e. The maximum absolute atomic E-state index is 12.8. The standard InChI is InChI=1S/C21H19NO5/c1-26-19(24)15-8-6-14(7-9-15)18(23)22-12-10-21(11-13-22)17-5-3-2-4-16(17)20(25)27-21/h2-9H,10-13H2,1H3. The van der Waals surface area contributed by atoms with Gasteiger partial charge in [0.25, 0.3) is 5.91 Å². The summed E-state index contributed by atoms with van der Waals surface area (Å²) in [6, 6.07) is 13.9. The molecule has 1 saturated heterocycles. The number of nitrogens with zero attached hydrogens (tertiary/aromatic N) is 1. The Kier molecular flexibility index (Phi) is 4.18. The topological polar surface area (TPSA) is 72.9 Å². The second-order valence-corrected chi connectivity index (χ2v) is 6.79. The fourth-order valence-electron chi connectivity index (χ4n) is 3.84. The van der Waals surface area contributed by atoms with Gasteiger partial charge in [0.1, 0.15) is 5.60 Å². The number of benzene rings is 2. The Morgan fingerprint density at radius 2 is 1.63 bits per heavy atom. The zero-order chi connectivity index (χ0) is 19.0. The predicted octanol–water partition coefficient (Wildman–Crippen LogP) is 2.78. The van der Waals surface area contributed by atoms with Gasteiger partial charge in [-0.2, -0.15) is 0 Å². The van der Waals surface area contributed by atoms with Crippen molar-refractivity contribution < 1.29 is 23.9 Å². The highest BCUT2D eigenvalue weighted by atomic mass is 16.6. The highest BCUT2D eigenvalue weighted by Crippen LogP contribution is 2.44. The molecule has 0 atom stereocenters. The van der Waals surface area contributed by atoms with E-state index >= 15 is 0 Å². The van der Waals surface area contributed by atoms with Crippen LogP contribution in [0, 0.1) is 0 Å². The Hall–Kier alpha value is -3.15. The Labute approximate surface area is 156 Å². The molecule has 138 valence electrons. The highest BCUT2D eigenvalue weighted by molar-refractivity contribution is 5.97. The number of hydrogen-bond donors (Lipinski definition) is 0. The highest BCUT2D eigenvalue weighted by Gasteiger charge is 2.47. The average Bonchev–Trinajstić information content (AvgIpc) is 2.99. The molecule has 1 spiro atoms. The van der Waals surface area contributed by atoms with Crippen LogP contribution in [0.1, 0.15) is 49.5 Å². The zero-order valence-electron chi connectivity index (χ0n) is 14.9. The van der Waals surface area contributed by atoms with Crippen molar-refractivity contribution in [2.24, 2.45) is 0 Å². The van der Waals surface area contributed by atoms with E-state index < -0.39 is 11.6 Å². The molecule has 2 aliphatic heterocycles. The van der Waals surface area contributed by atoms with E-state index in [2.05, 4.69) is 4.74 Å². The summed E-state index contributed by atoms with van der Waals surface area (Å²) in [5.41, 5.74) is 1.84. The molecule has 2 heterocycles. The smallest absolute Gasteiger partial charge is 0.339 e. The number of amides is 1. The van der Waals surface area contributed by atoms with Crippen molar-refractivity contribution in [1.82, 2.24) is 4.90 Å². The number of hydrogen-bond acceptors (Lipinski definition) is 5. The summed E-state index contributed by atoms with van der Waals surface area (Å²) in [7, 11) is 1.32.